The Bertz CT molecular complexity index is 1120. The topological polar surface area (TPSA) is 72.6 Å². The van der Waals surface area contributed by atoms with Gasteiger partial charge in [-0.25, -0.2) is 4.79 Å². The zero-order valence-electron chi connectivity index (χ0n) is 18.5. The van der Waals surface area contributed by atoms with Gasteiger partial charge in [-0.1, -0.05) is 60.1 Å². The van der Waals surface area contributed by atoms with Crippen LogP contribution in [0.1, 0.15) is 45.1 Å². The highest BCUT2D eigenvalue weighted by Gasteiger charge is 2.46. The molecule has 2 aromatic rings. The third-order valence-corrected chi connectivity index (χ3v) is 6.50. The van der Waals surface area contributed by atoms with E-state index in [1.54, 1.807) is 6.92 Å². The van der Waals surface area contributed by atoms with Crippen molar-refractivity contribution in [3.05, 3.63) is 87.3 Å². The van der Waals surface area contributed by atoms with Crippen LogP contribution >= 0.6 is 15.9 Å². The first kappa shape index (κ1) is 22.3. The first-order valence-corrected chi connectivity index (χ1v) is 11.6. The van der Waals surface area contributed by atoms with E-state index < -0.39 is 11.9 Å². The minimum absolute atomic E-state index is 0.0411. The van der Waals surface area contributed by atoms with Crippen LogP contribution in [-0.2, 0) is 14.3 Å². The van der Waals surface area contributed by atoms with Gasteiger partial charge >= 0.3 is 5.97 Å². The van der Waals surface area contributed by atoms with Crippen molar-refractivity contribution >= 4 is 33.4 Å². The van der Waals surface area contributed by atoms with Gasteiger partial charge in [-0.15, -0.1) is 0 Å². The molecule has 2 aromatic carbocycles. The Morgan fingerprint density at radius 3 is 2.41 bits per heavy atom. The van der Waals surface area contributed by atoms with Gasteiger partial charge in [0.15, 0.2) is 5.78 Å². The summed E-state index contributed by atoms with van der Waals surface area (Å²) in [6.07, 6.45) is 1.09. The number of allylic oxidation sites excluding steroid dienone is 2. The third kappa shape index (κ3) is 3.99. The molecule has 1 aliphatic carbocycles. The van der Waals surface area contributed by atoms with Crippen molar-refractivity contribution in [1.82, 2.24) is 0 Å². The van der Waals surface area contributed by atoms with E-state index in [9.17, 15) is 9.59 Å². The molecule has 32 heavy (non-hydrogen) atoms. The molecule has 0 amide bonds. The normalized spacial score (nSPS) is 20.3. The minimum Gasteiger partial charge on any atom is -0.463 e. The van der Waals surface area contributed by atoms with Gasteiger partial charge in [0, 0.05) is 27.9 Å². The predicted molar refractivity (Wildman–Crippen MR) is 129 cm³/mol. The number of Topliss-reactive ketones (excluding diaryl/α,β-unsaturated/α-hetero) is 1. The molecule has 1 aliphatic heterocycles. The lowest BCUT2D eigenvalue weighted by atomic mass is 9.68. The van der Waals surface area contributed by atoms with E-state index >= 15 is 0 Å². The van der Waals surface area contributed by atoms with Crippen LogP contribution in [0.15, 0.2) is 81.7 Å². The van der Waals surface area contributed by atoms with Gasteiger partial charge < -0.3 is 10.5 Å². The number of ketones is 1. The molecule has 1 heterocycles. The number of carbonyl (C=O) groups is 2. The number of carbonyl (C=O) groups excluding carboxylic acids is 2. The molecule has 0 saturated carbocycles. The fourth-order valence-corrected chi connectivity index (χ4v) is 4.94. The van der Waals surface area contributed by atoms with E-state index in [4.69, 9.17) is 10.5 Å². The highest BCUT2D eigenvalue weighted by molar-refractivity contribution is 9.10. The summed E-state index contributed by atoms with van der Waals surface area (Å²) >= 11 is 3.47. The number of anilines is 1. The summed E-state index contributed by atoms with van der Waals surface area (Å²) in [5.41, 5.74) is 9.98. The monoisotopic (exact) mass is 494 g/mol. The van der Waals surface area contributed by atoms with Crippen molar-refractivity contribution in [2.24, 2.45) is 11.1 Å². The summed E-state index contributed by atoms with van der Waals surface area (Å²) in [6, 6.07) is 17.3. The highest BCUT2D eigenvalue weighted by Crippen LogP contribution is 2.50. The van der Waals surface area contributed by atoms with Gasteiger partial charge in [0.05, 0.1) is 18.1 Å². The lowest BCUT2D eigenvalue weighted by Crippen LogP contribution is -2.43. The Morgan fingerprint density at radius 1 is 1.12 bits per heavy atom. The van der Waals surface area contributed by atoms with Gasteiger partial charge in [-0.2, -0.15) is 0 Å². The van der Waals surface area contributed by atoms with E-state index in [-0.39, 0.29) is 17.8 Å². The molecule has 2 N–H and O–H groups in total. The van der Waals surface area contributed by atoms with Crippen molar-refractivity contribution < 1.29 is 14.3 Å². The number of nitrogens with zero attached hydrogens (tertiary/aromatic N) is 1. The van der Waals surface area contributed by atoms with Crippen LogP contribution in [-0.4, -0.2) is 18.4 Å². The summed E-state index contributed by atoms with van der Waals surface area (Å²) in [5.74, 6) is -0.713. The number of esters is 1. The molecule has 166 valence electrons. The summed E-state index contributed by atoms with van der Waals surface area (Å²) < 4.78 is 6.34. The maximum absolute atomic E-state index is 13.6. The molecule has 1 atom stereocenters. The van der Waals surface area contributed by atoms with E-state index in [1.807, 2.05) is 59.5 Å². The SMILES string of the molecule is CCOC(=O)C1=C(N)N(c2ccccc2)C2=C(C(=O)CC(C)(C)C2)C1c1ccc(Br)cc1. The summed E-state index contributed by atoms with van der Waals surface area (Å²) in [7, 11) is 0. The van der Waals surface area contributed by atoms with Gasteiger partial charge in [0.2, 0.25) is 0 Å². The number of benzene rings is 2. The lowest BCUT2D eigenvalue weighted by molar-refractivity contribution is -0.138. The fourth-order valence-electron chi connectivity index (χ4n) is 4.68. The van der Waals surface area contributed by atoms with Crippen molar-refractivity contribution in [2.45, 2.75) is 39.5 Å². The number of halogens is 1. The summed E-state index contributed by atoms with van der Waals surface area (Å²) in [5, 5.41) is 0. The number of para-hydroxylation sites is 1. The van der Waals surface area contributed by atoms with Gasteiger partial charge in [0.1, 0.15) is 5.82 Å². The Labute approximate surface area is 197 Å². The van der Waals surface area contributed by atoms with Gasteiger partial charge in [-0.3, -0.25) is 9.69 Å². The Balaban J connectivity index is 2.01. The molecule has 0 spiro atoms. The molecule has 2 aliphatic rings. The second-order valence-electron chi connectivity index (χ2n) is 8.98. The van der Waals surface area contributed by atoms with E-state index in [1.165, 1.54) is 0 Å². The van der Waals surface area contributed by atoms with Gasteiger partial charge in [-0.05, 0) is 48.6 Å². The molecule has 5 nitrogen and oxygen atoms in total. The zero-order chi connectivity index (χ0) is 23.0. The maximum Gasteiger partial charge on any atom is 0.338 e. The zero-order valence-corrected chi connectivity index (χ0v) is 20.1. The molecular weight excluding hydrogens is 468 g/mol. The molecule has 0 saturated heterocycles. The van der Waals surface area contributed by atoms with E-state index in [0.29, 0.717) is 29.8 Å². The van der Waals surface area contributed by atoms with E-state index in [0.717, 1.165) is 21.4 Å². The fraction of sp³-hybridized carbons (Fsp3) is 0.308. The van der Waals surface area contributed by atoms with Crippen molar-refractivity contribution in [1.29, 1.82) is 0 Å². The average molecular weight is 495 g/mol. The number of ether oxygens (including phenoxy) is 1. The maximum atomic E-state index is 13.6. The number of hydrogen-bond donors (Lipinski definition) is 1. The highest BCUT2D eigenvalue weighted by atomic mass is 79.9. The van der Waals surface area contributed by atoms with Crippen LogP contribution in [0.5, 0.6) is 0 Å². The van der Waals surface area contributed by atoms with Gasteiger partial charge in [0.25, 0.3) is 0 Å². The van der Waals surface area contributed by atoms with Crippen LogP contribution in [0.25, 0.3) is 0 Å². The molecule has 4 rings (SSSR count). The minimum atomic E-state index is -0.569. The molecule has 0 radical (unpaired) electrons. The Morgan fingerprint density at radius 2 is 1.78 bits per heavy atom. The van der Waals surface area contributed by atoms with Crippen LogP contribution in [0.4, 0.5) is 5.69 Å². The molecule has 6 heteroatoms. The second-order valence-corrected chi connectivity index (χ2v) is 9.89. The quantitative estimate of drug-likeness (QED) is 0.573. The van der Waals surface area contributed by atoms with Crippen LogP contribution < -0.4 is 10.6 Å². The lowest BCUT2D eigenvalue weighted by Gasteiger charge is -2.44. The third-order valence-electron chi connectivity index (χ3n) is 5.97. The predicted octanol–water partition coefficient (Wildman–Crippen LogP) is 5.43. The van der Waals surface area contributed by atoms with Crippen LogP contribution in [0.3, 0.4) is 0 Å². The first-order valence-electron chi connectivity index (χ1n) is 10.8. The number of hydrogen-bond acceptors (Lipinski definition) is 5. The van der Waals surface area contributed by atoms with E-state index in [2.05, 4.69) is 29.8 Å². The van der Waals surface area contributed by atoms with Crippen molar-refractivity contribution in [3.63, 3.8) is 0 Å². The largest absolute Gasteiger partial charge is 0.463 e. The molecular formula is C26H27BrN2O3. The molecule has 1 unspecified atom stereocenters. The van der Waals surface area contributed by atoms with Crippen molar-refractivity contribution in [3.8, 4) is 0 Å². The Hall–Kier alpha value is -2.86. The van der Waals surface area contributed by atoms with Crippen LogP contribution in [0, 0.1) is 5.41 Å². The standard InChI is InChI=1S/C26H27BrN2O3/c1-4-32-25(31)23-21(16-10-12-17(27)13-11-16)22-19(14-26(2,3)15-20(22)30)29(24(23)28)18-8-6-5-7-9-18/h5-13,21H,4,14-15,28H2,1-3H3. The Kier molecular flexibility index (Phi) is 5.99. The number of rotatable bonds is 4. The molecule has 0 aromatic heterocycles. The summed E-state index contributed by atoms with van der Waals surface area (Å²) in [6.45, 7) is 6.17. The first-order chi connectivity index (χ1) is 15.2. The van der Waals surface area contributed by atoms with Crippen LogP contribution in [0.2, 0.25) is 0 Å². The second kappa shape index (κ2) is 8.58. The molecule has 0 bridgehead atoms. The smallest absolute Gasteiger partial charge is 0.338 e. The summed E-state index contributed by atoms with van der Waals surface area (Å²) in [4.78, 5) is 28.7. The molecule has 0 fully saturated rings. The van der Waals surface area contributed by atoms with Crippen molar-refractivity contribution in [2.75, 3.05) is 11.5 Å². The number of nitrogens with two attached hydrogens (primary N) is 1. The average Bonchev–Trinajstić information content (AvgIpc) is 2.73.